The molecule has 5 nitrogen and oxygen atoms in total. The molecule has 0 aliphatic carbocycles. The van der Waals surface area contributed by atoms with Gasteiger partial charge in [-0.1, -0.05) is 0 Å². The molecule has 0 bridgehead atoms. The van der Waals surface area contributed by atoms with Crippen LogP contribution < -0.4 is 5.73 Å². The maximum atomic E-state index is 11.9. The van der Waals surface area contributed by atoms with Crippen LogP contribution in [-0.4, -0.2) is 67.2 Å². The normalized spacial score (nSPS) is 20.9. The highest BCUT2D eigenvalue weighted by atomic mass is 16.3. The summed E-state index contributed by atoms with van der Waals surface area (Å²) in [6, 6.07) is 0. The first-order chi connectivity index (χ1) is 8.67. The van der Waals surface area contributed by atoms with Crippen molar-refractivity contribution in [1.82, 2.24) is 9.80 Å². The number of aliphatic hydroxyl groups excluding tert-OH is 1. The van der Waals surface area contributed by atoms with Crippen LogP contribution in [-0.2, 0) is 4.79 Å². The molecule has 0 aromatic heterocycles. The first-order valence-electron chi connectivity index (χ1n) is 6.94. The minimum atomic E-state index is 0.189. The Balaban J connectivity index is 2.21. The molecule has 0 aromatic rings. The van der Waals surface area contributed by atoms with Crippen molar-refractivity contribution in [3.05, 3.63) is 0 Å². The van der Waals surface area contributed by atoms with Gasteiger partial charge < -0.3 is 20.6 Å². The van der Waals surface area contributed by atoms with Gasteiger partial charge in [0.2, 0.25) is 5.91 Å². The first kappa shape index (κ1) is 15.4. The summed E-state index contributed by atoms with van der Waals surface area (Å²) < 4.78 is 0. The molecule has 1 rings (SSSR count). The standard InChI is InChI=1S/C13H27N3O2/c1-15(7-3-6-14)13(18)5-9-16-8-2-4-12(10-16)11-17/h12,17H,2-11,14H2,1H3. The lowest BCUT2D eigenvalue weighted by molar-refractivity contribution is -0.130. The summed E-state index contributed by atoms with van der Waals surface area (Å²) in [6.07, 6.45) is 3.66. The molecule has 1 aliphatic heterocycles. The Morgan fingerprint density at radius 1 is 1.56 bits per heavy atom. The third kappa shape index (κ3) is 5.33. The predicted octanol–water partition coefficient (Wildman–Crippen LogP) is -0.112. The van der Waals surface area contributed by atoms with Crippen LogP contribution in [0.5, 0.6) is 0 Å². The molecule has 1 saturated heterocycles. The van der Waals surface area contributed by atoms with E-state index in [4.69, 9.17) is 10.8 Å². The van der Waals surface area contributed by atoms with Gasteiger partial charge in [0.15, 0.2) is 0 Å². The average Bonchev–Trinajstić information content (AvgIpc) is 2.42. The summed E-state index contributed by atoms with van der Waals surface area (Å²) in [6.45, 7) is 4.42. The van der Waals surface area contributed by atoms with Crippen molar-refractivity contribution in [3.8, 4) is 0 Å². The summed E-state index contributed by atoms with van der Waals surface area (Å²) in [5, 5.41) is 9.16. The van der Waals surface area contributed by atoms with Crippen molar-refractivity contribution in [2.45, 2.75) is 25.7 Å². The molecule has 1 unspecified atom stereocenters. The van der Waals surface area contributed by atoms with Gasteiger partial charge in [-0.05, 0) is 38.3 Å². The van der Waals surface area contributed by atoms with E-state index in [-0.39, 0.29) is 12.5 Å². The zero-order valence-electron chi connectivity index (χ0n) is 11.5. The molecule has 106 valence electrons. The second-order valence-electron chi connectivity index (χ2n) is 5.20. The number of carbonyl (C=O) groups excluding carboxylic acids is 1. The third-order valence-corrected chi connectivity index (χ3v) is 3.63. The highest BCUT2D eigenvalue weighted by molar-refractivity contribution is 5.76. The molecule has 0 saturated carbocycles. The molecule has 18 heavy (non-hydrogen) atoms. The van der Waals surface area contributed by atoms with Gasteiger partial charge >= 0.3 is 0 Å². The Morgan fingerprint density at radius 2 is 2.33 bits per heavy atom. The SMILES string of the molecule is CN(CCCN)C(=O)CCN1CCCC(CO)C1. The molecule has 1 fully saturated rings. The number of hydrogen-bond donors (Lipinski definition) is 2. The third-order valence-electron chi connectivity index (χ3n) is 3.63. The van der Waals surface area contributed by atoms with Crippen LogP contribution in [0.15, 0.2) is 0 Å². The Kier molecular flexibility index (Phi) is 7.23. The highest BCUT2D eigenvalue weighted by Gasteiger charge is 2.20. The number of likely N-dealkylation sites (tertiary alicyclic amines) is 1. The Bertz CT molecular complexity index is 248. The molecular weight excluding hydrogens is 230 g/mol. The molecule has 0 spiro atoms. The van der Waals surface area contributed by atoms with Crippen LogP contribution in [0.3, 0.4) is 0 Å². The topological polar surface area (TPSA) is 69.8 Å². The summed E-state index contributed by atoms with van der Waals surface area (Å²) >= 11 is 0. The lowest BCUT2D eigenvalue weighted by Crippen LogP contribution is -2.39. The van der Waals surface area contributed by atoms with Gasteiger partial charge in [0.05, 0.1) is 0 Å². The van der Waals surface area contributed by atoms with Gasteiger partial charge in [-0.15, -0.1) is 0 Å². The number of amides is 1. The quantitative estimate of drug-likeness (QED) is 0.667. The summed E-state index contributed by atoms with van der Waals surface area (Å²) in [4.78, 5) is 15.9. The van der Waals surface area contributed by atoms with Crippen molar-refractivity contribution in [2.24, 2.45) is 11.7 Å². The highest BCUT2D eigenvalue weighted by Crippen LogP contribution is 2.15. The number of rotatable bonds is 7. The summed E-state index contributed by atoms with van der Waals surface area (Å²) in [5.74, 6) is 0.582. The first-order valence-corrected chi connectivity index (χ1v) is 6.94. The maximum absolute atomic E-state index is 11.9. The summed E-state index contributed by atoms with van der Waals surface area (Å²) in [7, 11) is 1.84. The molecule has 0 radical (unpaired) electrons. The van der Waals surface area contributed by atoms with Crippen molar-refractivity contribution in [2.75, 3.05) is 46.4 Å². The molecule has 3 N–H and O–H groups in total. The second-order valence-corrected chi connectivity index (χ2v) is 5.20. The van der Waals surface area contributed by atoms with Crippen molar-refractivity contribution < 1.29 is 9.90 Å². The molecular formula is C13H27N3O2. The van der Waals surface area contributed by atoms with E-state index in [0.717, 1.165) is 45.4 Å². The van der Waals surface area contributed by atoms with Crippen molar-refractivity contribution in [3.63, 3.8) is 0 Å². The molecule has 1 amide bonds. The van der Waals surface area contributed by atoms with E-state index >= 15 is 0 Å². The van der Waals surface area contributed by atoms with E-state index in [9.17, 15) is 4.79 Å². The van der Waals surface area contributed by atoms with Gasteiger partial charge in [0.1, 0.15) is 0 Å². The number of aliphatic hydroxyl groups is 1. The monoisotopic (exact) mass is 257 g/mol. The zero-order valence-corrected chi connectivity index (χ0v) is 11.5. The van der Waals surface area contributed by atoms with Crippen LogP contribution >= 0.6 is 0 Å². The van der Waals surface area contributed by atoms with E-state index in [1.54, 1.807) is 4.90 Å². The fourth-order valence-electron chi connectivity index (χ4n) is 2.40. The summed E-state index contributed by atoms with van der Waals surface area (Å²) in [5.41, 5.74) is 5.43. The molecule has 0 aromatic carbocycles. The van der Waals surface area contributed by atoms with E-state index in [1.807, 2.05) is 7.05 Å². The fraction of sp³-hybridized carbons (Fsp3) is 0.923. The largest absolute Gasteiger partial charge is 0.396 e. The Labute approximate surface area is 110 Å². The number of carbonyl (C=O) groups is 1. The maximum Gasteiger partial charge on any atom is 0.223 e. The lowest BCUT2D eigenvalue weighted by Gasteiger charge is -2.31. The minimum absolute atomic E-state index is 0.189. The van der Waals surface area contributed by atoms with Gasteiger partial charge in [0, 0.05) is 39.7 Å². The van der Waals surface area contributed by atoms with Gasteiger partial charge in [0.25, 0.3) is 0 Å². The number of nitrogens with zero attached hydrogens (tertiary/aromatic N) is 2. The molecule has 1 heterocycles. The number of hydrogen-bond acceptors (Lipinski definition) is 4. The molecule has 1 aliphatic rings. The van der Waals surface area contributed by atoms with Crippen LogP contribution in [0, 0.1) is 5.92 Å². The predicted molar refractivity (Wildman–Crippen MR) is 72.2 cm³/mol. The van der Waals surface area contributed by atoms with Crippen LogP contribution in [0.1, 0.15) is 25.7 Å². The molecule has 1 atom stereocenters. The minimum Gasteiger partial charge on any atom is -0.396 e. The number of nitrogens with two attached hydrogens (primary N) is 1. The van der Waals surface area contributed by atoms with E-state index in [2.05, 4.69) is 4.90 Å². The smallest absolute Gasteiger partial charge is 0.223 e. The zero-order chi connectivity index (χ0) is 13.4. The van der Waals surface area contributed by atoms with E-state index < -0.39 is 0 Å². The fourth-order valence-corrected chi connectivity index (χ4v) is 2.40. The van der Waals surface area contributed by atoms with Gasteiger partial charge in [-0.3, -0.25) is 4.79 Å². The van der Waals surface area contributed by atoms with Crippen LogP contribution in [0.4, 0.5) is 0 Å². The van der Waals surface area contributed by atoms with Crippen LogP contribution in [0.2, 0.25) is 0 Å². The average molecular weight is 257 g/mol. The van der Waals surface area contributed by atoms with Crippen LogP contribution in [0.25, 0.3) is 0 Å². The van der Waals surface area contributed by atoms with Gasteiger partial charge in [-0.25, -0.2) is 0 Å². The van der Waals surface area contributed by atoms with Crippen molar-refractivity contribution >= 4 is 5.91 Å². The number of piperidine rings is 1. The second kappa shape index (κ2) is 8.45. The Morgan fingerprint density at radius 3 is 3.00 bits per heavy atom. The van der Waals surface area contributed by atoms with Crippen molar-refractivity contribution in [1.29, 1.82) is 0 Å². The lowest BCUT2D eigenvalue weighted by atomic mass is 9.99. The Hall–Kier alpha value is -0.650. The van der Waals surface area contributed by atoms with E-state index in [1.165, 1.54) is 0 Å². The van der Waals surface area contributed by atoms with Gasteiger partial charge in [-0.2, -0.15) is 0 Å². The molecule has 5 heteroatoms. The van der Waals surface area contributed by atoms with E-state index in [0.29, 0.717) is 18.9 Å².